The van der Waals surface area contributed by atoms with E-state index < -0.39 is 24.0 Å². The molecule has 1 aromatic carbocycles. The smallest absolute Gasteiger partial charge is 0.412 e. The molecule has 0 aromatic heterocycles. The predicted molar refractivity (Wildman–Crippen MR) is 76.7 cm³/mol. The second-order valence-corrected chi connectivity index (χ2v) is 4.57. The molecular formula is C14H15ClFNO4. The minimum atomic E-state index is -1.25. The first kappa shape index (κ1) is 17.0. The van der Waals surface area contributed by atoms with Crippen LogP contribution in [0.5, 0.6) is 0 Å². The van der Waals surface area contributed by atoms with Crippen LogP contribution in [0.2, 0.25) is 5.02 Å². The Kier molecular flexibility index (Phi) is 6.17. The summed E-state index contributed by atoms with van der Waals surface area (Å²) in [6, 6.07) is 3.72. The van der Waals surface area contributed by atoms with E-state index in [0.717, 1.165) is 6.07 Å². The van der Waals surface area contributed by atoms with E-state index >= 15 is 0 Å². The van der Waals surface area contributed by atoms with Crippen LogP contribution >= 0.6 is 11.6 Å². The first-order chi connectivity index (χ1) is 9.85. The Morgan fingerprint density at radius 2 is 2.14 bits per heavy atom. The third-order valence-electron chi connectivity index (χ3n) is 2.34. The number of amides is 1. The molecule has 1 unspecified atom stereocenters. The van der Waals surface area contributed by atoms with Gasteiger partial charge in [0.2, 0.25) is 6.10 Å². The average Bonchev–Trinajstić information content (AvgIpc) is 2.39. The van der Waals surface area contributed by atoms with Gasteiger partial charge in [-0.3, -0.25) is 5.32 Å². The SMILES string of the molecule is C=C(C)C(OC(=O)Nc1ccc(Cl)cc1F)C(=O)OCC. The second kappa shape index (κ2) is 7.64. The van der Waals surface area contributed by atoms with Gasteiger partial charge in [0.05, 0.1) is 12.3 Å². The average molecular weight is 316 g/mol. The number of nitrogens with one attached hydrogen (secondary N) is 1. The number of benzene rings is 1. The fraction of sp³-hybridized carbons (Fsp3) is 0.286. The number of ether oxygens (including phenoxy) is 2. The highest BCUT2D eigenvalue weighted by Gasteiger charge is 2.25. The number of hydrogen-bond acceptors (Lipinski definition) is 4. The van der Waals surface area contributed by atoms with Crippen LogP contribution < -0.4 is 5.32 Å². The molecule has 0 radical (unpaired) electrons. The molecule has 1 amide bonds. The van der Waals surface area contributed by atoms with Crippen molar-refractivity contribution < 1.29 is 23.5 Å². The summed E-state index contributed by atoms with van der Waals surface area (Å²) in [5.41, 5.74) is 0.175. The largest absolute Gasteiger partial charge is 0.463 e. The molecule has 1 N–H and O–H groups in total. The molecule has 0 heterocycles. The van der Waals surface area contributed by atoms with Gasteiger partial charge in [-0.05, 0) is 37.6 Å². The highest BCUT2D eigenvalue weighted by Crippen LogP contribution is 2.19. The monoisotopic (exact) mass is 315 g/mol. The Bertz CT molecular complexity index is 562. The second-order valence-electron chi connectivity index (χ2n) is 4.13. The van der Waals surface area contributed by atoms with Gasteiger partial charge < -0.3 is 9.47 Å². The lowest BCUT2D eigenvalue weighted by Crippen LogP contribution is -2.32. The van der Waals surface area contributed by atoms with Crippen molar-refractivity contribution in [3.05, 3.63) is 41.2 Å². The zero-order valence-electron chi connectivity index (χ0n) is 11.6. The van der Waals surface area contributed by atoms with E-state index in [0.29, 0.717) is 5.57 Å². The van der Waals surface area contributed by atoms with E-state index in [1.54, 1.807) is 6.92 Å². The topological polar surface area (TPSA) is 64.6 Å². The summed E-state index contributed by atoms with van der Waals surface area (Å²) in [6.07, 6.45) is -2.25. The van der Waals surface area contributed by atoms with Gasteiger partial charge in [0.1, 0.15) is 5.82 Å². The molecular weight excluding hydrogens is 301 g/mol. The highest BCUT2D eigenvalue weighted by molar-refractivity contribution is 6.30. The van der Waals surface area contributed by atoms with Crippen LogP contribution in [0.1, 0.15) is 13.8 Å². The molecule has 7 heteroatoms. The highest BCUT2D eigenvalue weighted by atomic mass is 35.5. The summed E-state index contributed by atoms with van der Waals surface area (Å²) in [6.45, 7) is 6.82. The molecule has 5 nitrogen and oxygen atoms in total. The number of esters is 1. The van der Waals surface area contributed by atoms with Crippen molar-refractivity contribution in [1.82, 2.24) is 0 Å². The van der Waals surface area contributed by atoms with E-state index in [1.165, 1.54) is 19.1 Å². The molecule has 1 aromatic rings. The molecule has 0 fully saturated rings. The lowest BCUT2D eigenvalue weighted by Gasteiger charge is -2.16. The zero-order chi connectivity index (χ0) is 16.0. The molecule has 0 spiro atoms. The van der Waals surface area contributed by atoms with Crippen LogP contribution in [0.3, 0.4) is 0 Å². The van der Waals surface area contributed by atoms with Crippen LogP contribution in [0.25, 0.3) is 0 Å². The van der Waals surface area contributed by atoms with Gasteiger partial charge in [-0.25, -0.2) is 14.0 Å². The summed E-state index contributed by atoms with van der Waals surface area (Å²) in [5.74, 6) is -1.46. The lowest BCUT2D eigenvalue weighted by molar-refractivity contribution is -0.150. The molecule has 114 valence electrons. The van der Waals surface area contributed by atoms with Gasteiger partial charge in [-0.2, -0.15) is 0 Å². The quantitative estimate of drug-likeness (QED) is 0.667. The Balaban J connectivity index is 2.74. The van der Waals surface area contributed by atoms with Crippen LogP contribution in [0, 0.1) is 5.82 Å². The maximum Gasteiger partial charge on any atom is 0.412 e. The first-order valence-electron chi connectivity index (χ1n) is 6.09. The summed E-state index contributed by atoms with van der Waals surface area (Å²) in [7, 11) is 0. The van der Waals surface area contributed by atoms with Gasteiger partial charge in [0.15, 0.2) is 0 Å². The maximum atomic E-state index is 13.5. The van der Waals surface area contributed by atoms with Crippen molar-refractivity contribution in [1.29, 1.82) is 0 Å². The normalized spacial score (nSPS) is 11.4. The molecule has 0 aliphatic carbocycles. The Morgan fingerprint density at radius 1 is 1.48 bits per heavy atom. The Labute approximate surface area is 126 Å². The number of carbonyl (C=O) groups excluding carboxylic acids is 2. The molecule has 21 heavy (non-hydrogen) atoms. The predicted octanol–water partition coefficient (Wildman–Crippen LogP) is 3.54. The van der Waals surface area contributed by atoms with Gasteiger partial charge in [-0.15, -0.1) is 0 Å². The molecule has 1 rings (SSSR count). The van der Waals surface area contributed by atoms with Gasteiger partial charge in [0, 0.05) is 5.02 Å². The van der Waals surface area contributed by atoms with Crippen molar-refractivity contribution in [3.63, 3.8) is 0 Å². The van der Waals surface area contributed by atoms with Crippen molar-refractivity contribution in [2.24, 2.45) is 0 Å². The van der Waals surface area contributed by atoms with Crippen LogP contribution in [0.4, 0.5) is 14.9 Å². The Morgan fingerprint density at radius 3 is 2.67 bits per heavy atom. The number of hydrogen-bond donors (Lipinski definition) is 1. The zero-order valence-corrected chi connectivity index (χ0v) is 12.4. The van der Waals surface area contributed by atoms with Crippen molar-refractivity contribution in [2.75, 3.05) is 11.9 Å². The Hall–Kier alpha value is -2.08. The maximum absolute atomic E-state index is 13.5. The van der Waals surface area contributed by atoms with Crippen molar-refractivity contribution in [3.8, 4) is 0 Å². The summed E-state index contributed by atoms with van der Waals surface area (Å²) >= 11 is 5.60. The molecule has 0 saturated heterocycles. The van der Waals surface area contributed by atoms with Crippen LogP contribution in [-0.2, 0) is 14.3 Å². The van der Waals surface area contributed by atoms with E-state index in [2.05, 4.69) is 11.9 Å². The first-order valence-corrected chi connectivity index (χ1v) is 6.47. The molecule has 0 saturated carbocycles. The molecule has 1 atom stereocenters. The minimum absolute atomic E-state index is 0.117. The standard InChI is InChI=1S/C14H15ClFNO4/c1-4-20-13(18)12(8(2)3)21-14(19)17-11-6-5-9(15)7-10(11)16/h5-7,12H,2,4H2,1,3H3,(H,17,19). The van der Waals surface area contributed by atoms with Crippen LogP contribution in [-0.4, -0.2) is 24.8 Å². The van der Waals surface area contributed by atoms with E-state index in [4.69, 9.17) is 21.1 Å². The molecule has 0 bridgehead atoms. The number of rotatable bonds is 5. The summed E-state index contributed by atoms with van der Waals surface area (Å²) in [5, 5.41) is 2.37. The fourth-order valence-electron chi connectivity index (χ4n) is 1.41. The number of halogens is 2. The minimum Gasteiger partial charge on any atom is -0.463 e. The van der Waals surface area contributed by atoms with E-state index in [-0.39, 0.29) is 17.3 Å². The number of carbonyl (C=O) groups is 2. The van der Waals surface area contributed by atoms with Gasteiger partial charge in [-0.1, -0.05) is 18.2 Å². The lowest BCUT2D eigenvalue weighted by atomic mass is 10.2. The summed E-state index contributed by atoms with van der Waals surface area (Å²) < 4.78 is 23.2. The third-order valence-corrected chi connectivity index (χ3v) is 2.58. The molecule has 0 aliphatic rings. The van der Waals surface area contributed by atoms with E-state index in [1.807, 2.05) is 0 Å². The molecule has 0 aliphatic heterocycles. The van der Waals surface area contributed by atoms with Crippen molar-refractivity contribution in [2.45, 2.75) is 20.0 Å². The van der Waals surface area contributed by atoms with Crippen LogP contribution in [0.15, 0.2) is 30.4 Å². The van der Waals surface area contributed by atoms with E-state index in [9.17, 15) is 14.0 Å². The van der Waals surface area contributed by atoms with Gasteiger partial charge in [0.25, 0.3) is 0 Å². The van der Waals surface area contributed by atoms with Gasteiger partial charge >= 0.3 is 12.1 Å². The third kappa shape index (κ3) is 5.07. The summed E-state index contributed by atoms with van der Waals surface area (Å²) in [4.78, 5) is 23.3. The number of anilines is 1. The van der Waals surface area contributed by atoms with Crippen molar-refractivity contribution >= 4 is 29.4 Å². The fourth-order valence-corrected chi connectivity index (χ4v) is 1.56.